The van der Waals surface area contributed by atoms with Crippen molar-refractivity contribution in [2.45, 2.75) is 13.0 Å². The smallest absolute Gasteiger partial charge is 0.251 e. The first-order chi connectivity index (χ1) is 13.1. The van der Waals surface area contributed by atoms with Crippen molar-refractivity contribution in [3.05, 3.63) is 48.3 Å². The summed E-state index contributed by atoms with van der Waals surface area (Å²) in [6, 6.07) is 8.44. The Morgan fingerprint density at radius 2 is 1.78 bits per heavy atom. The molecular weight excluding hydrogens is 344 g/mol. The van der Waals surface area contributed by atoms with Crippen LogP contribution in [-0.2, 0) is 4.79 Å². The van der Waals surface area contributed by atoms with Gasteiger partial charge >= 0.3 is 0 Å². The Hall–Kier alpha value is -3.00. The molecule has 8 heteroatoms. The molecule has 142 valence electrons. The van der Waals surface area contributed by atoms with Crippen molar-refractivity contribution in [2.24, 2.45) is 0 Å². The van der Waals surface area contributed by atoms with E-state index in [-0.39, 0.29) is 17.9 Å². The molecule has 0 spiro atoms. The molecule has 2 aromatic rings. The fourth-order valence-electron chi connectivity index (χ4n) is 3.06. The highest BCUT2D eigenvalue weighted by molar-refractivity contribution is 5.98. The van der Waals surface area contributed by atoms with Gasteiger partial charge in [-0.05, 0) is 31.2 Å². The first-order valence-corrected chi connectivity index (χ1v) is 8.97. The first-order valence-electron chi connectivity index (χ1n) is 8.97. The average molecular weight is 368 g/mol. The summed E-state index contributed by atoms with van der Waals surface area (Å²) in [4.78, 5) is 37.2. The van der Waals surface area contributed by atoms with E-state index >= 15 is 0 Å². The van der Waals surface area contributed by atoms with Crippen LogP contribution in [0.25, 0.3) is 0 Å². The summed E-state index contributed by atoms with van der Waals surface area (Å²) in [6.45, 7) is 4.95. The molecular formula is C19H24N6O2. The summed E-state index contributed by atoms with van der Waals surface area (Å²) in [5, 5.41) is 5.48. The minimum Gasteiger partial charge on any atom is -0.355 e. The molecule has 2 N–H and O–H groups in total. The van der Waals surface area contributed by atoms with Crippen molar-refractivity contribution < 1.29 is 9.59 Å². The zero-order valence-corrected chi connectivity index (χ0v) is 15.6. The Labute approximate surface area is 158 Å². The van der Waals surface area contributed by atoms with Gasteiger partial charge in [0.05, 0.1) is 6.04 Å². The number of anilines is 2. The highest BCUT2D eigenvalue weighted by atomic mass is 16.2. The molecule has 27 heavy (non-hydrogen) atoms. The van der Waals surface area contributed by atoms with Crippen LogP contribution < -0.4 is 15.5 Å². The predicted molar refractivity (Wildman–Crippen MR) is 104 cm³/mol. The van der Waals surface area contributed by atoms with E-state index in [1.54, 1.807) is 49.8 Å². The molecule has 2 heterocycles. The maximum Gasteiger partial charge on any atom is 0.251 e. The summed E-state index contributed by atoms with van der Waals surface area (Å²) < 4.78 is 0. The van der Waals surface area contributed by atoms with Crippen molar-refractivity contribution in [3.8, 4) is 0 Å². The van der Waals surface area contributed by atoms with Gasteiger partial charge in [0.15, 0.2) is 0 Å². The van der Waals surface area contributed by atoms with E-state index in [0.29, 0.717) is 11.3 Å². The second-order valence-electron chi connectivity index (χ2n) is 6.40. The van der Waals surface area contributed by atoms with E-state index in [9.17, 15) is 9.59 Å². The molecule has 1 aromatic carbocycles. The zero-order valence-electron chi connectivity index (χ0n) is 15.6. The van der Waals surface area contributed by atoms with Crippen LogP contribution in [0.5, 0.6) is 0 Å². The lowest BCUT2D eigenvalue weighted by molar-refractivity contribution is -0.120. The van der Waals surface area contributed by atoms with E-state index in [1.807, 2.05) is 6.92 Å². The Morgan fingerprint density at radius 1 is 1.07 bits per heavy atom. The average Bonchev–Trinajstić information content (AvgIpc) is 2.73. The highest BCUT2D eigenvalue weighted by Crippen LogP contribution is 2.15. The van der Waals surface area contributed by atoms with E-state index in [0.717, 1.165) is 32.1 Å². The maximum absolute atomic E-state index is 12.6. The monoisotopic (exact) mass is 368 g/mol. The number of benzene rings is 1. The van der Waals surface area contributed by atoms with Gasteiger partial charge in [-0.1, -0.05) is 6.07 Å². The summed E-state index contributed by atoms with van der Waals surface area (Å²) in [5.74, 6) is 0.451. The third kappa shape index (κ3) is 4.59. The minimum atomic E-state index is -0.271. The third-order valence-electron chi connectivity index (χ3n) is 4.70. The summed E-state index contributed by atoms with van der Waals surface area (Å²) in [7, 11) is 1.58. The van der Waals surface area contributed by atoms with Gasteiger partial charge in [-0.2, -0.15) is 0 Å². The number of hydrogen-bond donors (Lipinski definition) is 2. The number of rotatable bonds is 5. The van der Waals surface area contributed by atoms with Gasteiger partial charge in [-0.15, -0.1) is 0 Å². The molecule has 8 nitrogen and oxygen atoms in total. The molecule has 1 unspecified atom stereocenters. The third-order valence-corrected chi connectivity index (χ3v) is 4.70. The predicted octanol–water partition coefficient (Wildman–Crippen LogP) is 0.985. The second-order valence-corrected chi connectivity index (χ2v) is 6.40. The SMILES string of the molecule is CNC(=O)c1cccc(NC(=O)C(C)N2CCN(c3ncccn3)CC2)c1. The number of amides is 2. The van der Waals surface area contributed by atoms with Gasteiger partial charge in [0.25, 0.3) is 5.91 Å². The van der Waals surface area contributed by atoms with Crippen LogP contribution in [0, 0.1) is 0 Å². The lowest BCUT2D eigenvalue weighted by Crippen LogP contribution is -2.53. The van der Waals surface area contributed by atoms with Crippen molar-refractivity contribution in [3.63, 3.8) is 0 Å². The van der Waals surface area contributed by atoms with E-state index < -0.39 is 0 Å². The van der Waals surface area contributed by atoms with Crippen LogP contribution in [0.4, 0.5) is 11.6 Å². The quantitative estimate of drug-likeness (QED) is 0.818. The highest BCUT2D eigenvalue weighted by Gasteiger charge is 2.26. The number of piperazine rings is 1. The Bertz CT molecular complexity index is 790. The molecule has 1 aliphatic heterocycles. The number of nitrogens with zero attached hydrogens (tertiary/aromatic N) is 4. The molecule has 0 radical (unpaired) electrons. The van der Waals surface area contributed by atoms with Crippen LogP contribution >= 0.6 is 0 Å². The molecule has 0 bridgehead atoms. The van der Waals surface area contributed by atoms with Crippen LogP contribution in [-0.4, -0.2) is 66.0 Å². The second kappa shape index (κ2) is 8.59. The molecule has 3 rings (SSSR count). The zero-order chi connectivity index (χ0) is 19.2. The molecule has 0 saturated carbocycles. The van der Waals surface area contributed by atoms with Crippen molar-refractivity contribution in [2.75, 3.05) is 43.4 Å². The number of carbonyl (C=O) groups is 2. The van der Waals surface area contributed by atoms with E-state index in [4.69, 9.17) is 0 Å². The van der Waals surface area contributed by atoms with Crippen molar-refractivity contribution in [1.82, 2.24) is 20.2 Å². The largest absolute Gasteiger partial charge is 0.355 e. The topological polar surface area (TPSA) is 90.5 Å². The van der Waals surface area contributed by atoms with Crippen LogP contribution in [0.3, 0.4) is 0 Å². The lowest BCUT2D eigenvalue weighted by Gasteiger charge is -2.37. The van der Waals surface area contributed by atoms with Gasteiger partial charge < -0.3 is 15.5 Å². The number of aromatic nitrogens is 2. The maximum atomic E-state index is 12.6. The van der Waals surface area contributed by atoms with Crippen LogP contribution in [0.15, 0.2) is 42.7 Å². The molecule has 1 aliphatic rings. The molecule has 2 amide bonds. The molecule has 1 atom stereocenters. The molecule has 0 aliphatic carbocycles. The van der Waals surface area contributed by atoms with E-state index in [1.165, 1.54) is 0 Å². The van der Waals surface area contributed by atoms with Gasteiger partial charge in [0.1, 0.15) is 0 Å². The fraction of sp³-hybridized carbons (Fsp3) is 0.368. The van der Waals surface area contributed by atoms with Gasteiger partial charge in [-0.25, -0.2) is 9.97 Å². The lowest BCUT2D eigenvalue weighted by atomic mass is 10.1. The Kier molecular flexibility index (Phi) is 5.97. The van der Waals surface area contributed by atoms with Crippen LogP contribution in [0.2, 0.25) is 0 Å². The minimum absolute atomic E-state index is 0.0894. The summed E-state index contributed by atoms with van der Waals surface area (Å²) in [5.41, 5.74) is 1.13. The van der Waals surface area contributed by atoms with Crippen molar-refractivity contribution in [1.29, 1.82) is 0 Å². The summed E-state index contributed by atoms with van der Waals surface area (Å²) >= 11 is 0. The normalized spacial score (nSPS) is 15.9. The molecule has 1 aromatic heterocycles. The van der Waals surface area contributed by atoms with Gasteiger partial charge in [0, 0.05) is 56.9 Å². The van der Waals surface area contributed by atoms with E-state index in [2.05, 4.69) is 30.4 Å². The van der Waals surface area contributed by atoms with Gasteiger partial charge in [0.2, 0.25) is 11.9 Å². The molecule has 1 saturated heterocycles. The Morgan fingerprint density at radius 3 is 2.44 bits per heavy atom. The molecule has 1 fully saturated rings. The number of hydrogen-bond acceptors (Lipinski definition) is 6. The van der Waals surface area contributed by atoms with Crippen molar-refractivity contribution >= 4 is 23.5 Å². The van der Waals surface area contributed by atoms with Crippen LogP contribution in [0.1, 0.15) is 17.3 Å². The first kappa shape index (κ1) is 18.8. The number of carbonyl (C=O) groups excluding carboxylic acids is 2. The summed E-state index contributed by atoms with van der Waals surface area (Å²) in [6.07, 6.45) is 3.47. The Balaban J connectivity index is 1.56. The van der Waals surface area contributed by atoms with Gasteiger partial charge in [-0.3, -0.25) is 14.5 Å². The standard InChI is InChI=1S/C19H24N6O2/c1-14(17(26)23-16-6-3-5-15(13-16)18(27)20-2)24-9-11-25(12-10-24)19-21-7-4-8-22-19/h3-8,13-14H,9-12H2,1-2H3,(H,20,27)(H,23,26). The number of nitrogens with one attached hydrogen (secondary N) is 2. The fourth-order valence-corrected chi connectivity index (χ4v) is 3.06.